The van der Waals surface area contributed by atoms with Gasteiger partial charge in [-0.3, -0.25) is 4.79 Å². The molecule has 0 spiro atoms. The molecule has 3 rings (SSSR count). The van der Waals surface area contributed by atoms with Gasteiger partial charge in [-0.15, -0.1) is 0 Å². The van der Waals surface area contributed by atoms with E-state index in [0.29, 0.717) is 37.6 Å². The predicted octanol–water partition coefficient (Wildman–Crippen LogP) is 3.88. The van der Waals surface area contributed by atoms with E-state index >= 15 is 0 Å². The molecule has 1 heterocycles. The van der Waals surface area contributed by atoms with Crippen LogP contribution in [0.25, 0.3) is 0 Å². The fourth-order valence-corrected chi connectivity index (χ4v) is 5.28. The summed E-state index contributed by atoms with van der Waals surface area (Å²) in [5.41, 5.74) is 1.22. The van der Waals surface area contributed by atoms with Gasteiger partial charge in [0, 0.05) is 24.3 Å². The molecule has 2 aromatic carbocycles. The van der Waals surface area contributed by atoms with E-state index in [1.807, 2.05) is 24.3 Å². The van der Waals surface area contributed by atoms with Gasteiger partial charge in [0.1, 0.15) is 10.6 Å². The molecule has 1 aliphatic rings. The van der Waals surface area contributed by atoms with Gasteiger partial charge in [-0.2, -0.15) is 4.31 Å². The molecule has 150 valence electrons. The molecule has 0 radical (unpaired) electrons. The minimum atomic E-state index is -3.73. The minimum Gasteiger partial charge on any atom is -0.493 e. The van der Waals surface area contributed by atoms with Crippen molar-refractivity contribution in [3.63, 3.8) is 0 Å². The summed E-state index contributed by atoms with van der Waals surface area (Å²) in [6.07, 6.45) is 0.557. The Balaban J connectivity index is 1.87. The average molecular weight is 423 g/mol. The van der Waals surface area contributed by atoms with Gasteiger partial charge in [-0.1, -0.05) is 43.6 Å². The van der Waals surface area contributed by atoms with Crippen molar-refractivity contribution in [2.24, 2.45) is 0 Å². The van der Waals surface area contributed by atoms with Crippen molar-refractivity contribution >= 4 is 33.2 Å². The van der Waals surface area contributed by atoms with Gasteiger partial charge in [0.15, 0.2) is 0 Å². The molecule has 0 fully saturated rings. The number of carbonyl (C=O) groups is 1. The SMILES string of the molecule is CCN(CC)S(=O)(=O)c1cc(NC(=O)C2CCOc3ccccc32)ccc1Cl. The number of carbonyl (C=O) groups excluding carboxylic acids is 1. The van der Waals surface area contributed by atoms with Crippen molar-refractivity contribution in [3.05, 3.63) is 53.1 Å². The number of sulfonamides is 1. The molecule has 0 aromatic heterocycles. The number of nitrogens with zero attached hydrogens (tertiary/aromatic N) is 1. The highest BCUT2D eigenvalue weighted by Gasteiger charge is 2.29. The molecule has 0 saturated heterocycles. The van der Waals surface area contributed by atoms with Gasteiger partial charge in [0.05, 0.1) is 17.5 Å². The standard InChI is InChI=1S/C20H23ClN2O4S/c1-3-23(4-2)28(25,26)19-13-14(9-10-17(19)21)22-20(24)16-11-12-27-18-8-6-5-7-15(16)18/h5-10,13,16H,3-4,11-12H2,1-2H3,(H,22,24). The molecule has 8 heteroatoms. The van der Waals surface area contributed by atoms with Gasteiger partial charge in [0.25, 0.3) is 0 Å². The van der Waals surface area contributed by atoms with Crippen LogP contribution in [-0.2, 0) is 14.8 Å². The number of benzene rings is 2. The van der Waals surface area contributed by atoms with Crippen LogP contribution in [0.2, 0.25) is 5.02 Å². The van der Waals surface area contributed by atoms with Gasteiger partial charge in [-0.05, 0) is 30.7 Å². The normalized spacial score (nSPS) is 16.4. The zero-order chi connectivity index (χ0) is 20.3. The Hall–Kier alpha value is -2.09. The molecule has 0 aliphatic carbocycles. The lowest BCUT2D eigenvalue weighted by Gasteiger charge is -2.25. The highest BCUT2D eigenvalue weighted by molar-refractivity contribution is 7.89. The molecule has 1 amide bonds. The number of para-hydroxylation sites is 1. The van der Waals surface area contributed by atoms with Crippen LogP contribution in [0.4, 0.5) is 5.69 Å². The third-order valence-electron chi connectivity index (χ3n) is 4.80. The number of amides is 1. The highest BCUT2D eigenvalue weighted by atomic mass is 35.5. The van der Waals surface area contributed by atoms with Gasteiger partial charge in [-0.25, -0.2) is 8.42 Å². The zero-order valence-electron chi connectivity index (χ0n) is 15.8. The second-order valence-corrected chi connectivity index (χ2v) is 8.76. The van der Waals surface area contributed by atoms with Crippen LogP contribution in [0.15, 0.2) is 47.4 Å². The van der Waals surface area contributed by atoms with Crippen LogP contribution in [0.1, 0.15) is 31.7 Å². The van der Waals surface area contributed by atoms with Crippen molar-refractivity contribution in [1.29, 1.82) is 0 Å². The van der Waals surface area contributed by atoms with Gasteiger partial charge < -0.3 is 10.1 Å². The summed E-state index contributed by atoms with van der Waals surface area (Å²) >= 11 is 6.16. The first kappa shape index (κ1) is 20.6. The van der Waals surface area contributed by atoms with E-state index in [1.165, 1.54) is 16.4 Å². The quantitative estimate of drug-likeness (QED) is 0.766. The molecule has 0 saturated carbocycles. The minimum absolute atomic E-state index is 0.0111. The van der Waals surface area contributed by atoms with Crippen LogP contribution in [0.3, 0.4) is 0 Å². The summed E-state index contributed by atoms with van der Waals surface area (Å²) in [5.74, 6) is 0.141. The Morgan fingerprint density at radius 1 is 1.21 bits per heavy atom. The van der Waals surface area contributed by atoms with Crippen molar-refractivity contribution in [2.45, 2.75) is 31.1 Å². The fraction of sp³-hybridized carbons (Fsp3) is 0.350. The van der Waals surface area contributed by atoms with E-state index in [2.05, 4.69) is 5.32 Å². The van der Waals surface area contributed by atoms with Gasteiger partial charge in [0.2, 0.25) is 15.9 Å². The number of hydrogen-bond acceptors (Lipinski definition) is 4. The Kier molecular flexibility index (Phi) is 6.27. The first-order chi connectivity index (χ1) is 13.4. The van der Waals surface area contributed by atoms with Crippen molar-refractivity contribution < 1.29 is 17.9 Å². The lowest BCUT2D eigenvalue weighted by Crippen LogP contribution is -2.31. The number of anilines is 1. The Morgan fingerprint density at radius 2 is 1.93 bits per heavy atom. The number of rotatable bonds is 6. The summed E-state index contributed by atoms with van der Waals surface area (Å²) in [4.78, 5) is 12.9. The smallest absolute Gasteiger partial charge is 0.244 e. The second kappa shape index (κ2) is 8.51. The highest BCUT2D eigenvalue weighted by Crippen LogP contribution is 2.35. The molecule has 1 unspecified atom stereocenters. The number of halogens is 1. The van der Waals surface area contributed by atoms with Crippen LogP contribution in [0, 0.1) is 0 Å². The second-order valence-electron chi connectivity index (χ2n) is 6.45. The first-order valence-electron chi connectivity index (χ1n) is 9.20. The van der Waals surface area contributed by atoms with Crippen LogP contribution in [0.5, 0.6) is 5.75 Å². The molecule has 6 nitrogen and oxygen atoms in total. The van der Waals surface area contributed by atoms with E-state index in [1.54, 1.807) is 19.9 Å². The third kappa shape index (κ3) is 4.01. The summed E-state index contributed by atoms with van der Waals surface area (Å²) in [5, 5.41) is 2.96. The molecular weight excluding hydrogens is 400 g/mol. The Labute approximate surface area is 170 Å². The predicted molar refractivity (Wildman–Crippen MR) is 109 cm³/mol. The van der Waals surface area contributed by atoms with E-state index in [4.69, 9.17) is 16.3 Å². The maximum absolute atomic E-state index is 12.9. The molecule has 0 bridgehead atoms. The van der Waals surface area contributed by atoms with Crippen LogP contribution in [-0.4, -0.2) is 38.3 Å². The summed E-state index contributed by atoms with van der Waals surface area (Å²) in [6.45, 7) is 4.67. The molecule has 2 aromatic rings. The van der Waals surface area contributed by atoms with Gasteiger partial charge >= 0.3 is 0 Å². The maximum Gasteiger partial charge on any atom is 0.244 e. The van der Waals surface area contributed by atoms with Crippen molar-refractivity contribution in [1.82, 2.24) is 4.31 Å². The number of ether oxygens (including phenoxy) is 1. The van der Waals surface area contributed by atoms with E-state index in [9.17, 15) is 13.2 Å². The molecular formula is C20H23ClN2O4S. The maximum atomic E-state index is 12.9. The van der Waals surface area contributed by atoms with Crippen molar-refractivity contribution in [2.75, 3.05) is 25.0 Å². The lowest BCUT2D eigenvalue weighted by molar-refractivity contribution is -0.118. The molecule has 1 atom stereocenters. The molecule has 1 aliphatic heterocycles. The van der Waals surface area contributed by atoms with E-state index in [0.717, 1.165) is 5.56 Å². The monoisotopic (exact) mass is 422 g/mol. The Bertz CT molecular complexity index is 974. The Morgan fingerprint density at radius 3 is 2.64 bits per heavy atom. The van der Waals surface area contributed by atoms with Crippen LogP contribution < -0.4 is 10.1 Å². The number of nitrogens with one attached hydrogen (secondary N) is 1. The number of hydrogen-bond donors (Lipinski definition) is 1. The largest absolute Gasteiger partial charge is 0.493 e. The lowest BCUT2D eigenvalue weighted by atomic mass is 9.92. The van der Waals surface area contributed by atoms with E-state index < -0.39 is 10.0 Å². The van der Waals surface area contributed by atoms with Crippen molar-refractivity contribution in [3.8, 4) is 5.75 Å². The topological polar surface area (TPSA) is 75.7 Å². The fourth-order valence-electron chi connectivity index (χ4n) is 3.33. The summed E-state index contributed by atoms with van der Waals surface area (Å²) < 4.78 is 32.6. The first-order valence-corrected chi connectivity index (χ1v) is 11.0. The van der Waals surface area contributed by atoms with Crippen LogP contribution >= 0.6 is 11.6 Å². The molecule has 1 N–H and O–H groups in total. The molecule has 28 heavy (non-hydrogen) atoms. The third-order valence-corrected chi connectivity index (χ3v) is 7.33. The zero-order valence-corrected chi connectivity index (χ0v) is 17.4. The summed E-state index contributed by atoms with van der Waals surface area (Å²) in [7, 11) is -3.73. The average Bonchev–Trinajstić information content (AvgIpc) is 2.69. The summed E-state index contributed by atoms with van der Waals surface area (Å²) in [6, 6.07) is 12.0. The van der Waals surface area contributed by atoms with E-state index in [-0.39, 0.29) is 21.7 Å². The number of fused-ring (bicyclic) bond motifs is 1.